The summed E-state index contributed by atoms with van der Waals surface area (Å²) in [6, 6.07) is 1.87. The van der Waals surface area contributed by atoms with E-state index in [-0.39, 0.29) is 38.1 Å². The first-order valence-corrected chi connectivity index (χ1v) is 14.6. The lowest BCUT2D eigenvalue weighted by Gasteiger charge is -2.31. The van der Waals surface area contributed by atoms with Crippen LogP contribution in [0.1, 0.15) is 57.1 Å². The van der Waals surface area contributed by atoms with Gasteiger partial charge in [-0.1, -0.05) is 13.3 Å². The van der Waals surface area contributed by atoms with Crippen LogP contribution in [0.3, 0.4) is 0 Å². The molecule has 5 heterocycles. The van der Waals surface area contributed by atoms with Crippen molar-refractivity contribution in [1.82, 2.24) is 29.6 Å². The third-order valence-corrected chi connectivity index (χ3v) is 8.16. The lowest BCUT2D eigenvalue weighted by molar-refractivity contribution is -0.147. The first-order valence-electron chi connectivity index (χ1n) is 13.8. The Kier molecular flexibility index (Phi) is 8.03. The molecular weight excluding hydrogens is 561 g/mol. The van der Waals surface area contributed by atoms with Gasteiger partial charge in [0, 0.05) is 37.6 Å². The molecule has 1 unspecified atom stereocenters. The largest absolute Gasteiger partial charge is 0.451 e. The summed E-state index contributed by atoms with van der Waals surface area (Å²) >= 11 is 1.59. The van der Waals surface area contributed by atoms with Crippen molar-refractivity contribution in [1.29, 1.82) is 0 Å². The molecule has 1 amide bonds. The number of fused-ring (bicyclic) bond motifs is 2. The Balaban J connectivity index is 1.44. The van der Waals surface area contributed by atoms with E-state index in [0.29, 0.717) is 37.8 Å². The number of thiophene rings is 1. The van der Waals surface area contributed by atoms with Crippen LogP contribution in [-0.2, 0) is 30.4 Å². The Morgan fingerprint density at radius 1 is 1.17 bits per heavy atom. The number of ether oxygens (including phenoxy) is 1. The summed E-state index contributed by atoms with van der Waals surface area (Å²) in [5.74, 6) is 0.395. The lowest BCUT2D eigenvalue weighted by atomic mass is 10.2. The number of rotatable bonds is 7. The monoisotopic (exact) mass is 596 g/mol. The Morgan fingerprint density at radius 3 is 2.63 bits per heavy atom. The van der Waals surface area contributed by atoms with E-state index in [0.717, 1.165) is 32.5 Å². The Bertz CT molecular complexity index is 1400. The number of halogens is 3. The molecule has 1 fully saturated rings. The molecule has 2 aliphatic rings. The predicted octanol–water partition coefficient (Wildman–Crippen LogP) is 4.08. The molecule has 0 aliphatic carbocycles. The quantitative estimate of drug-likeness (QED) is 0.431. The Labute approximate surface area is 239 Å². The maximum atomic E-state index is 13.4. The number of anilines is 2. The smallest absolute Gasteiger partial charge is 0.444 e. The van der Waals surface area contributed by atoms with Crippen LogP contribution in [0.2, 0.25) is 0 Å². The van der Waals surface area contributed by atoms with Crippen molar-refractivity contribution >= 4 is 39.4 Å². The van der Waals surface area contributed by atoms with Gasteiger partial charge in [0.1, 0.15) is 16.2 Å². The molecule has 15 heteroatoms. The number of hydrogen-bond acceptors (Lipinski definition) is 10. The highest BCUT2D eigenvalue weighted by atomic mass is 32.1. The van der Waals surface area contributed by atoms with Crippen LogP contribution in [0.25, 0.3) is 10.2 Å². The molecule has 3 aromatic rings. The van der Waals surface area contributed by atoms with Crippen LogP contribution in [-0.4, -0.2) is 85.3 Å². The van der Waals surface area contributed by atoms with E-state index in [1.165, 1.54) is 0 Å². The maximum absolute atomic E-state index is 13.4. The fourth-order valence-electron chi connectivity index (χ4n) is 5.27. The second kappa shape index (κ2) is 11.2. The molecule has 2 aliphatic heterocycles. The van der Waals surface area contributed by atoms with Crippen LogP contribution >= 0.6 is 11.3 Å². The zero-order valence-corrected chi connectivity index (χ0v) is 24.4. The van der Waals surface area contributed by atoms with Crippen molar-refractivity contribution in [3.63, 3.8) is 0 Å². The van der Waals surface area contributed by atoms with E-state index in [4.69, 9.17) is 14.7 Å². The second-order valence-corrected chi connectivity index (χ2v) is 12.4. The standard InChI is InChI=1S/C26H35F3N8O3S/c1-5-6-17-13-18-20(34-9-10-37-19(15-34)32-33-22(37)26(27,28)29)30-23(31-21(18)41-17)35-8-7-16(14-35)36(11-12-38)24(39)40-25(2,3)4/h13,16,38H,5-12,14-15H2,1-4H3. The number of aryl methyl sites for hydroxylation is 1. The van der Waals surface area contributed by atoms with Gasteiger partial charge in [-0.25, -0.2) is 9.78 Å². The van der Waals surface area contributed by atoms with E-state index in [2.05, 4.69) is 23.2 Å². The summed E-state index contributed by atoms with van der Waals surface area (Å²) in [5, 5.41) is 17.7. The van der Waals surface area contributed by atoms with Gasteiger partial charge in [0.25, 0.3) is 0 Å². The van der Waals surface area contributed by atoms with E-state index >= 15 is 0 Å². The topological polar surface area (TPSA) is 113 Å². The van der Waals surface area contributed by atoms with Crippen molar-refractivity contribution < 1.29 is 27.8 Å². The fraction of sp³-hybridized carbons (Fsp3) is 0.654. The Hall–Kier alpha value is -3.20. The van der Waals surface area contributed by atoms with Gasteiger partial charge in [0.15, 0.2) is 5.82 Å². The highest BCUT2D eigenvalue weighted by Crippen LogP contribution is 2.37. The molecule has 0 aromatic carbocycles. The minimum Gasteiger partial charge on any atom is -0.444 e. The van der Waals surface area contributed by atoms with Gasteiger partial charge in [-0.3, -0.25) is 0 Å². The molecule has 5 rings (SSSR count). The van der Waals surface area contributed by atoms with Crippen LogP contribution in [0.4, 0.5) is 29.7 Å². The van der Waals surface area contributed by atoms with E-state index in [9.17, 15) is 23.1 Å². The van der Waals surface area contributed by atoms with E-state index in [1.807, 2.05) is 9.80 Å². The third-order valence-electron chi connectivity index (χ3n) is 7.07. The zero-order chi connectivity index (χ0) is 29.5. The number of aromatic nitrogens is 5. The molecule has 11 nitrogen and oxygen atoms in total. The number of aliphatic hydroxyl groups excluding tert-OH is 1. The summed E-state index contributed by atoms with van der Waals surface area (Å²) in [5.41, 5.74) is -0.666. The highest BCUT2D eigenvalue weighted by molar-refractivity contribution is 7.18. The van der Waals surface area contributed by atoms with Crippen molar-refractivity contribution in [2.75, 3.05) is 42.6 Å². The maximum Gasteiger partial charge on any atom is 0.451 e. The lowest BCUT2D eigenvalue weighted by Crippen LogP contribution is -2.46. The van der Waals surface area contributed by atoms with Crippen LogP contribution in [0.15, 0.2) is 6.07 Å². The SMILES string of the molecule is CCCc1cc2c(N3CCn4c(nnc4C(F)(F)F)C3)nc(N3CCC(N(CCO)C(=O)OC(C)(C)C)C3)nc2s1. The van der Waals surface area contributed by atoms with Gasteiger partial charge in [-0.2, -0.15) is 18.2 Å². The second-order valence-electron chi connectivity index (χ2n) is 11.3. The molecule has 1 atom stereocenters. The molecule has 3 aromatic heterocycles. The van der Waals surface area contributed by atoms with Crippen LogP contribution in [0.5, 0.6) is 0 Å². The van der Waals surface area contributed by atoms with Gasteiger partial charge >= 0.3 is 12.3 Å². The molecular formula is C26H35F3N8O3S. The number of carbonyl (C=O) groups excluding carboxylic acids is 1. The molecule has 1 saturated heterocycles. The Morgan fingerprint density at radius 2 is 1.95 bits per heavy atom. The highest BCUT2D eigenvalue weighted by Gasteiger charge is 2.40. The van der Waals surface area contributed by atoms with Crippen molar-refractivity contribution in [3.05, 3.63) is 22.6 Å². The summed E-state index contributed by atoms with van der Waals surface area (Å²) in [6.45, 7) is 9.05. The molecule has 0 radical (unpaired) electrons. The molecule has 1 N–H and O–H groups in total. The van der Waals surface area contributed by atoms with Crippen LogP contribution < -0.4 is 9.80 Å². The van der Waals surface area contributed by atoms with Gasteiger partial charge < -0.3 is 29.1 Å². The average Bonchev–Trinajstić information content (AvgIpc) is 3.62. The third kappa shape index (κ3) is 6.20. The van der Waals surface area contributed by atoms with E-state index < -0.39 is 23.7 Å². The number of carbonyl (C=O) groups is 1. The van der Waals surface area contributed by atoms with Crippen LogP contribution in [0, 0.1) is 0 Å². The van der Waals surface area contributed by atoms with Gasteiger partial charge in [0.2, 0.25) is 11.8 Å². The molecule has 0 saturated carbocycles. The minimum absolute atomic E-state index is 0.0851. The molecule has 0 spiro atoms. The number of amides is 1. The number of alkyl halides is 3. The number of aliphatic hydroxyl groups is 1. The van der Waals surface area contributed by atoms with Crippen molar-refractivity contribution in [3.8, 4) is 0 Å². The summed E-state index contributed by atoms with van der Waals surface area (Å²) in [7, 11) is 0. The molecule has 0 bridgehead atoms. The summed E-state index contributed by atoms with van der Waals surface area (Å²) in [6.07, 6.45) is -2.55. The zero-order valence-electron chi connectivity index (χ0n) is 23.6. The fourth-order valence-corrected chi connectivity index (χ4v) is 6.39. The van der Waals surface area contributed by atoms with Gasteiger partial charge in [-0.05, 0) is 39.7 Å². The minimum atomic E-state index is -4.57. The summed E-state index contributed by atoms with van der Waals surface area (Å²) in [4.78, 5) is 30.2. The molecule has 224 valence electrons. The first-order chi connectivity index (χ1) is 19.4. The molecule has 41 heavy (non-hydrogen) atoms. The van der Waals surface area contributed by atoms with Crippen molar-refractivity contribution in [2.45, 2.75) is 77.9 Å². The van der Waals surface area contributed by atoms with E-state index in [1.54, 1.807) is 37.0 Å². The number of hydrogen-bond donors (Lipinski definition) is 1. The first kappa shape index (κ1) is 29.3. The summed E-state index contributed by atoms with van der Waals surface area (Å²) < 4.78 is 46.9. The number of nitrogens with zero attached hydrogens (tertiary/aromatic N) is 8. The predicted molar refractivity (Wildman–Crippen MR) is 148 cm³/mol. The van der Waals surface area contributed by atoms with Crippen molar-refractivity contribution in [2.24, 2.45) is 0 Å². The van der Waals surface area contributed by atoms with Gasteiger partial charge in [-0.15, -0.1) is 21.5 Å². The van der Waals surface area contributed by atoms with Gasteiger partial charge in [0.05, 0.1) is 24.6 Å². The normalized spacial score (nSPS) is 17.8. The average molecular weight is 597 g/mol.